The number of aromatic nitrogens is 6. The van der Waals surface area contributed by atoms with Crippen molar-refractivity contribution in [1.82, 2.24) is 29.9 Å². The first-order valence-electron chi connectivity index (χ1n) is 6.17. The fourth-order valence-electron chi connectivity index (χ4n) is 2.40. The van der Waals surface area contributed by atoms with Crippen molar-refractivity contribution in [1.29, 1.82) is 0 Å². The van der Waals surface area contributed by atoms with E-state index in [4.69, 9.17) is 0 Å². The van der Waals surface area contributed by atoms with Crippen LogP contribution in [0.4, 0.5) is 0 Å². The summed E-state index contributed by atoms with van der Waals surface area (Å²) in [4.78, 5) is 16.3. The van der Waals surface area contributed by atoms with Gasteiger partial charge in [0.05, 0.1) is 16.6 Å². The Bertz CT molecular complexity index is 996. The molecule has 0 bridgehead atoms. The molecule has 4 rings (SSSR count). The Labute approximate surface area is 121 Å². The number of hydrogen-bond acceptors (Lipinski definition) is 6. The SMILES string of the molecule is Cn1c2nc(C(O)c3cc[nH]n3)sc2c2cn[nH]c(=O)c21. The highest BCUT2D eigenvalue weighted by Gasteiger charge is 2.21. The first-order valence-corrected chi connectivity index (χ1v) is 6.98. The molecule has 4 aromatic rings. The van der Waals surface area contributed by atoms with E-state index in [9.17, 15) is 9.90 Å². The number of hydrogen-bond donors (Lipinski definition) is 3. The van der Waals surface area contributed by atoms with E-state index in [-0.39, 0.29) is 5.56 Å². The van der Waals surface area contributed by atoms with Gasteiger partial charge in [0.2, 0.25) is 0 Å². The zero-order valence-corrected chi connectivity index (χ0v) is 11.7. The number of fused-ring (bicyclic) bond motifs is 3. The van der Waals surface area contributed by atoms with Crippen LogP contribution in [0.5, 0.6) is 0 Å². The van der Waals surface area contributed by atoms with Crippen molar-refractivity contribution < 1.29 is 5.11 Å². The minimum absolute atomic E-state index is 0.255. The number of H-pyrrole nitrogens is 2. The van der Waals surface area contributed by atoms with Gasteiger partial charge in [0.15, 0.2) is 5.65 Å². The van der Waals surface area contributed by atoms with Crippen LogP contribution < -0.4 is 5.56 Å². The lowest BCUT2D eigenvalue weighted by Gasteiger charge is -2.02. The highest BCUT2D eigenvalue weighted by molar-refractivity contribution is 7.19. The molecule has 21 heavy (non-hydrogen) atoms. The second-order valence-corrected chi connectivity index (χ2v) is 5.66. The Kier molecular flexibility index (Phi) is 2.47. The molecule has 1 atom stereocenters. The Balaban J connectivity index is 1.98. The molecule has 0 spiro atoms. The molecular formula is C12H10N6O2S. The number of aryl methyl sites for hydroxylation is 1. The molecule has 0 aliphatic heterocycles. The van der Waals surface area contributed by atoms with Crippen molar-refractivity contribution in [3.8, 4) is 0 Å². The standard InChI is InChI=1S/C12H10N6O2S/c1-18-7-5(4-14-17-11(7)20)9-10(18)15-12(21-9)8(19)6-2-3-13-16-6/h2-4,8,19H,1H3,(H,13,16)(H,17,20). The monoisotopic (exact) mass is 302 g/mol. The minimum Gasteiger partial charge on any atom is -0.379 e. The molecule has 0 aromatic carbocycles. The highest BCUT2D eigenvalue weighted by Crippen LogP contribution is 2.34. The van der Waals surface area contributed by atoms with E-state index in [0.717, 1.165) is 10.1 Å². The third kappa shape index (κ3) is 1.64. The normalized spacial score (nSPS) is 13.2. The third-order valence-corrected chi connectivity index (χ3v) is 4.52. The van der Waals surface area contributed by atoms with Gasteiger partial charge < -0.3 is 9.67 Å². The maximum Gasteiger partial charge on any atom is 0.288 e. The Hall–Kier alpha value is -2.52. The van der Waals surface area contributed by atoms with E-state index in [1.165, 1.54) is 11.3 Å². The van der Waals surface area contributed by atoms with E-state index in [0.29, 0.717) is 21.9 Å². The first-order chi connectivity index (χ1) is 10.2. The second kappa shape index (κ2) is 4.24. The molecule has 3 N–H and O–H groups in total. The average molecular weight is 302 g/mol. The van der Waals surface area contributed by atoms with Crippen LogP contribution in [-0.2, 0) is 7.05 Å². The van der Waals surface area contributed by atoms with Crippen LogP contribution in [0.25, 0.3) is 21.3 Å². The molecule has 0 amide bonds. The summed E-state index contributed by atoms with van der Waals surface area (Å²) in [6, 6.07) is 1.70. The van der Waals surface area contributed by atoms with Gasteiger partial charge in [-0.2, -0.15) is 10.2 Å². The second-order valence-electron chi connectivity index (χ2n) is 4.63. The summed E-state index contributed by atoms with van der Waals surface area (Å²) >= 11 is 1.33. The average Bonchev–Trinajstić information content (AvgIpc) is 3.18. The summed E-state index contributed by atoms with van der Waals surface area (Å²) in [5, 5.41) is 24.4. The summed E-state index contributed by atoms with van der Waals surface area (Å²) in [6.07, 6.45) is 2.35. The number of aliphatic hydroxyl groups excluding tert-OH is 1. The molecule has 0 radical (unpaired) electrons. The first kappa shape index (κ1) is 12.2. The van der Waals surface area contributed by atoms with E-state index >= 15 is 0 Å². The van der Waals surface area contributed by atoms with Gasteiger partial charge in [0, 0.05) is 18.6 Å². The summed E-state index contributed by atoms with van der Waals surface area (Å²) in [7, 11) is 1.77. The number of thiazole rings is 1. The van der Waals surface area contributed by atoms with Crippen LogP contribution in [0.15, 0.2) is 23.3 Å². The number of nitrogens with one attached hydrogen (secondary N) is 2. The largest absolute Gasteiger partial charge is 0.379 e. The molecule has 0 saturated heterocycles. The zero-order valence-electron chi connectivity index (χ0n) is 10.9. The van der Waals surface area contributed by atoms with Crippen molar-refractivity contribution in [2.45, 2.75) is 6.10 Å². The van der Waals surface area contributed by atoms with Crippen LogP contribution in [0.1, 0.15) is 16.8 Å². The fraction of sp³-hybridized carbons (Fsp3) is 0.167. The van der Waals surface area contributed by atoms with Crippen molar-refractivity contribution in [3.05, 3.63) is 39.5 Å². The summed E-state index contributed by atoms with van der Waals surface area (Å²) in [5.41, 5.74) is 1.43. The van der Waals surface area contributed by atoms with Gasteiger partial charge >= 0.3 is 0 Å². The fourth-order valence-corrected chi connectivity index (χ4v) is 3.50. The quantitative estimate of drug-likeness (QED) is 0.504. The van der Waals surface area contributed by atoms with Gasteiger partial charge in [-0.15, -0.1) is 11.3 Å². The molecule has 1 unspecified atom stereocenters. The predicted octanol–water partition coefficient (Wildman–Crippen LogP) is 0.676. The summed E-state index contributed by atoms with van der Waals surface area (Å²) in [5.74, 6) is 0. The summed E-state index contributed by atoms with van der Waals surface area (Å²) in [6.45, 7) is 0. The lowest BCUT2D eigenvalue weighted by atomic mass is 10.3. The Morgan fingerprint density at radius 1 is 1.48 bits per heavy atom. The Morgan fingerprint density at radius 2 is 2.33 bits per heavy atom. The van der Waals surface area contributed by atoms with Crippen LogP contribution in [0, 0.1) is 0 Å². The molecule has 8 nitrogen and oxygen atoms in total. The lowest BCUT2D eigenvalue weighted by molar-refractivity contribution is 0.215. The van der Waals surface area contributed by atoms with Gasteiger partial charge in [0.1, 0.15) is 16.6 Å². The van der Waals surface area contributed by atoms with E-state index in [1.54, 1.807) is 30.1 Å². The predicted molar refractivity (Wildman–Crippen MR) is 77.2 cm³/mol. The summed E-state index contributed by atoms with van der Waals surface area (Å²) < 4.78 is 2.54. The smallest absolute Gasteiger partial charge is 0.288 e. The minimum atomic E-state index is -0.890. The van der Waals surface area contributed by atoms with E-state index < -0.39 is 6.10 Å². The molecule has 4 heterocycles. The van der Waals surface area contributed by atoms with Crippen molar-refractivity contribution in [3.63, 3.8) is 0 Å². The topological polar surface area (TPSA) is 112 Å². The molecule has 9 heteroatoms. The maximum absolute atomic E-state index is 11.8. The number of aromatic amines is 2. The van der Waals surface area contributed by atoms with Crippen molar-refractivity contribution in [2.75, 3.05) is 0 Å². The maximum atomic E-state index is 11.8. The van der Waals surface area contributed by atoms with Gasteiger partial charge in [0.25, 0.3) is 5.56 Å². The molecule has 106 valence electrons. The Morgan fingerprint density at radius 3 is 3.10 bits per heavy atom. The molecule has 0 aliphatic carbocycles. The van der Waals surface area contributed by atoms with Crippen molar-refractivity contribution in [2.24, 2.45) is 7.05 Å². The van der Waals surface area contributed by atoms with E-state index in [1.807, 2.05) is 0 Å². The number of rotatable bonds is 2. The number of aliphatic hydroxyl groups is 1. The van der Waals surface area contributed by atoms with Gasteiger partial charge in [-0.05, 0) is 6.07 Å². The highest BCUT2D eigenvalue weighted by atomic mass is 32.1. The van der Waals surface area contributed by atoms with Crippen LogP contribution in [-0.4, -0.2) is 35.1 Å². The molecule has 0 aliphatic rings. The zero-order chi connectivity index (χ0) is 14.6. The van der Waals surface area contributed by atoms with Crippen molar-refractivity contribution >= 4 is 32.6 Å². The lowest BCUT2D eigenvalue weighted by Crippen LogP contribution is -2.10. The van der Waals surface area contributed by atoms with E-state index in [2.05, 4.69) is 25.4 Å². The number of nitrogens with zero attached hydrogens (tertiary/aromatic N) is 4. The molecule has 0 saturated carbocycles. The third-order valence-electron chi connectivity index (χ3n) is 3.39. The molecule has 0 fully saturated rings. The molecular weight excluding hydrogens is 292 g/mol. The van der Waals surface area contributed by atoms with Crippen LogP contribution in [0.3, 0.4) is 0 Å². The van der Waals surface area contributed by atoms with Gasteiger partial charge in [-0.3, -0.25) is 9.89 Å². The van der Waals surface area contributed by atoms with Crippen LogP contribution >= 0.6 is 11.3 Å². The molecule has 4 aromatic heterocycles. The van der Waals surface area contributed by atoms with Crippen LogP contribution in [0.2, 0.25) is 0 Å². The van der Waals surface area contributed by atoms with Gasteiger partial charge in [-0.1, -0.05) is 0 Å². The van der Waals surface area contributed by atoms with Gasteiger partial charge in [-0.25, -0.2) is 10.1 Å².